The fourth-order valence-corrected chi connectivity index (χ4v) is 2.03. The first-order chi connectivity index (χ1) is 7.16. The summed E-state index contributed by atoms with van der Waals surface area (Å²) in [7, 11) is 0. The number of hydrogen-bond acceptors (Lipinski definition) is 2. The Kier molecular flexibility index (Phi) is 2.62. The van der Waals surface area contributed by atoms with Crippen LogP contribution in [0.15, 0.2) is 24.3 Å². The lowest BCUT2D eigenvalue weighted by Crippen LogP contribution is -2.45. The topological polar surface area (TPSA) is 40.5 Å². The lowest BCUT2D eigenvalue weighted by molar-refractivity contribution is -0.136. The van der Waals surface area contributed by atoms with E-state index in [0.29, 0.717) is 0 Å². The summed E-state index contributed by atoms with van der Waals surface area (Å²) < 4.78 is 0. The van der Waals surface area contributed by atoms with E-state index in [1.54, 1.807) is 0 Å². The zero-order valence-electron chi connectivity index (χ0n) is 8.81. The standard InChI is InChI=1S/C12H15NO2/c1-9-7-13(8-9)11-5-3-2-4-10(11)6-12(14)15/h2-5,9H,6-8H2,1H3,(H,14,15). The number of benzene rings is 1. The Labute approximate surface area is 89.3 Å². The molecule has 0 radical (unpaired) electrons. The van der Waals surface area contributed by atoms with Gasteiger partial charge < -0.3 is 10.0 Å². The minimum Gasteiger partial charge on any atom is -0.481 e. The zero-order chi connectivity index (χ0) is 10.8. The van der Waals surface area contributed by atoms with Gasteiger partial charge in [0.1, 0.15) is 0 Å². The predicted molar refractivity (Wildman–Crippen MR) is 59.2 cm³/mol. The molecular weight excluding hydrogens is 190 g/mol. The van der Waals surface area contributed by atoms with Gasteiger partial charge in [-0.15, -0.1) is 0 Å². The molecule has 0 aromatic heterocycles. The maximum atomic E-state index is 10.7. The highest BCUT2D eigenvalue weighted by Gasteiger charge is 2.24. The van der Waals surface area contributed by atoms with E-state index in [2.05, 4.69) is 11.8 Å². The average molecular weight is 205 g/mol. The average Bonchev–Trinajstić information content (AvgIpc) is 2.13. The molecule has 2 rings (SSSR count). The summed E-state index contributed by atoms with van der Waals surface area (Å²) in [6.45, 7) is 4.28. The summed E-state index contributed by atoms with van der Waals surface area (Å²) in [6.07, 6.45) is 0.112. The number of carboxylic acid groups (broad SMARTS) is 1. The van der Waals surface area contributed by atoms with Crippen LogP contribution in [0.1, 0.15) is 12.5 Å². The molecule has 0 spiro atoms. The van der Waals surface area contributed by atoms with Crippen LogP contribution in [0, 0.1) is 5.92 Å². The van der Waals surface area contributed by atoms with Crippen molar-refractivity contribution < 1.29 is 9.90 Å². The lowest BCUT2D eigenvalue weighted by Gasteiger charge is -2.40. The fourth-order valence-electron chi connectivity index (χ4n) is 2.03. The summed E-state index contributed by atoms with van der Waals surface area (Å²) in [5.74, 6) is -0.0427. The molecule has 0 amide bonds. The Balaban J connectivity index is 2.18. The van der Waals surface area contributed by atoms with Gasteiger partial charge in [-0.25, -0.2) is 0 Å². The van der Waals surface area contributed by atoms with Crippen molar-refractivity contribution in [3.05, 3.63) is 29.8 Å². The van der Waals surface area contributed by atoms with Crippen LogP contribution in [0.2, 0.25) is 0 Å². The molecule has 0 unspecified atom stereocenters. The molecule has 3 nitrogen and oxygen atoms in total. The molecular formula is C12H15NO2. The third-order valence-corrected chi connectivity index (χ3v) is 2.74. The molecule has 1 aromatic rings. The van der Waals surface area contributed by atoms with Crippen LogP contribution < -0.4 is 4.90 Å². The van der Waals surface area contributed by atoms with Crippen LogP contribution in [0.4, 0.5) is 5.69 Å². The van der Waals surface area contributed by atoms with E-state index in [9.17, 15) is 4.79 Å². The highest BCUT2D eigenvalue weighted by atomic mass is 16.4. The van der Waals surface area contributed by atoms with Crippen LogP contribution in [-0.4, -0.2) is 24.2 Å². The maximum absolute atomic E-state index is 10.7. The number of para-hydroxylation sites is 1. The van der Waals surface area contributed by atoms with Gasteiger partial charge in [0.25, 0.3) is 0 Å². The molecule has 0 aliphatic carbocycles. The van der Waals surface area contributed by atoms with Crippen LogP contribution in [0.5, 0.6) is 0 Å². The van der Waals surface area contributed by atoms with Crippen molar-refractivity contribution in [1.29, 1.82) is 0 Å². The van der Waals surface area contributed by atoms with Gasteiger partial charge in [-0.05, 0) is 17.5 Å². The minimum absolute atomic E-state index is 0.112. The fraction of sp³-hybridized carbons (Fsp3) is 0.417. The second kappa shape index (κ2) is 3.93. The summed E-state index contributed by atoms with van der Waals surface area (Å²) in [5, 5.41) is 8.80. The lowest BCUT2D eigenvalue weighted by atomic mass is 9.99. The molecule has 0 atom stereocenters. The third-order valence-electron chi connectivity index (χ3n) is 2.74. The number of anilines is 1. The predicted octanol–water partition coefficient (Wildman–Crippen LogP) is 1.77. The van der Waals surface area contributed by atoms with E-state index in [4.69, 9.17) is 5.11 Å². The minimum atomic E-state index is -0.768. The number of carboxylic acids is 1. The molecule has 1 heterocycles. The van der Waals surface area contributed by atoms with E-state index in [1.807, 2.05) is 24.3 Å². The maximum Gasteiger partial charge on any atom is 0.307 e. The SMILES string of the molecule is CC1CN(c2ccccc2CC(=O)O)C1. The molecule has 1 saturated heterocycles. The van der Waals surface area contributed by atoms with E-state index >= 15 is 0 Å². The van der Waals surface area contributed by atoms with Gasteiger partial charge in [-0.2, -0.15) is 0 Å². The van der Waals surface area contributed by atoms with Crippen molar-refractivity contribution in [3.63, 3.8) is 0 Å². The first-order valence-corrected chi connectivity index (χ1v) is 5.21. The Morgan fingerprint density at radius 2 is 2.13 bits per heavy atom. The van der Waals surface area contributed by atoms with E-state index in [1.165, 1.54) is 0 Å². The number of rotatable bonds is 3. The van der Waals surface area contributed by atoms with Crippen molar-refractivity contribution in [2.45, 2.75) is 13.3 Å². The van der Waals surface area contributed by atoms with Crippen LogP contribution in [-0.2, 0) is 11.2 Å². The number of carbonyl (C=O) groups is 1. The Morgan fingerprint density at radius 1 is 1.47 bits per heavy atom. The van der Waals surface area contributed by atoms with Gasteiger partial charge in [-0.1, -0.05) is 25.1 Å². The summed E-state index contributed by atoms with van der Waals surface area (Å²) in [4.78, 5) is 12.9. The molecule has 1 fully saturated rings. The van der Waals surface area contributed by atoms with Gasteiger partial charge in [0.05, 0.1) is 6.42 Å². The van der Waals surface area contributed by atoms with Crippen molar-refractivity contribution in [2.24, 2.45) is 5.92 Å². The second-order valence-electron chi connectivity index (χ2n) is 4.21. The van der Waals surface area contributed by atoms with Crippen molar-refractivity contribution in [2.75, 3.05) is 18.0 Å². The Hall–Kier alpha value is -1.51. The van der Waals surface area contributed by atoms with Crippen LogP contribution >= 0.6 is 0 Å². The number of nitrogens with zero attached hydrogens (tertiary/aromatic N) is 1. The summed E-state index contributed by atoms with van der Waals surface area (Å²) in [5.41, 5.74) is 2.00. The Morgan fingerprint density at radius 3 is 2.73 bits per heavy atom. The Bertz CT molecular complexity index is 370. The number of hydrogen-bond donors (Lipinski definition) is 1. The molecule has 15 heavy (non-hydrogen) atoms. The van der Waals surface area contributed by atoms with Gasteiger partial charge in [-0.3, -0.25) is 4.79 Å². The molecule has 3 heteroatoms. The molecule has 0 bridgehead atoms. The van der Waals surface area contributed by atoms with Gasteiger partial charge in [0.2, 0.25) is 0 Å². The van der Waals surface area contributed by atoms with Crippen molar-refractivity contribution in [1.82, 2.24) is 0 Å². The molecule has 1 aliphatic rings. The highest BCUT2D eigenvalue weighted by molar-refractivity contribution is 5.73. The van der Waals surface area contributed by atoms with E-state index in [0.717, 1.165) is 30.3 Å². The summed E-state index contributed by atoms with van der Waals surface area (Å²) >= 11 is 0. The highest BCUT2D eigenvalue weighted by Crippen LogP contribution is 2.27. The molecule has 80 valence electrons. The van der Waals surface area contributed by atoms with E-state index < -0.39 is 5.97 Å². The third kappa shape index (κ3) is 2.12. The van der Waals surface area contributed by atoms with Gasteiger partial charge in [0, 0.05) is 18.8 Å². The normalized spacial score (nSPS) is 16.2. The quantitative estimate of drug-likeness (QED) is 0.817. The van der Waals surface area contributed by atoms with Crippen LogP contribution in [0.25, 0.3) is 0 Å². The number of aliphatic carboxylic acids is 1. The van der Waals surface area contributed by atoms with Gasteiger partial charge in [0.15, 0.2) is 0 Å². The first kappa shape index (κ1) is 10.0. The van der Waals surface area contributed by atoms with Crippen molar-refractivity contribution >= 4 is 11.7 Å². The molecule has 1 aromatic carbocycles. The molecule has 1 N–H and O–H groups in total. The van der Waals surface area contributed by atoms with Crippen molar-refractivity contribution in [3.8, 4) is 0 Å². The van der Waals surface area contributed by atoms with Crippen LogP contribution in [0.3, 0.4) is 0 Å². The monoisotopic (exact) mass is 205 g/mol. The molecule has 1 aliphatic heterocycles. The summed E-state index contributed by atoms with van der Waals surface area (Å²) in [6, 6.07) is 7.76. The largest absolute Gasteiger partial charge is 0.481 e. The first-order valence-electron chi connectivity index (χ1n) is 5.21. The van der Waals surface area contributed by atoms with E-state index in [-0.39, 0.29) is 6.42 Å². The van der Waals surface area contributed by atoms with Gasteiger partial charge >= 0.3 is 5.97 Å². The zero-order valence-corrected chi connectivity index (χ0v) is 8.81. The molecule has 0 saturated carbocycles. The second-order valence-corrected chi connectivity index (χ2v) is 4.21. The smallest absolute Gasteiger partial charge is 0.307 e.